The van der Waals surface area contributed by atoms with E-state index in [1.807, 2.05) is 63.2 Å². The summed E-state index contributed by atoms with van der Waals surface area (Å²) in [5, 5.41) is 5.15. The molecule has 2 amide bonds. The van der Waals surface area contributed by atoms with Crippen LogP contribution in [0.5, 0.6) is 0 Å². The van der Waals surface area contributed by atoms with Crippen molar-refractivity contribution in [3.05, 3.63) is 96.6 Å². The standard InChI is InChI=1S/C34H45N3O5Si/c1-33(2,3)41-32(39)37-36-26-22-29(35-31(38)40-24-25-16-10-7-11-17-25)30(23-26)42-43(34(4,5)6,27-18-12-8-13-19-27)28-20-14-9-15-21-28/h7-21,26,29-30,36H,22-24H2,1-6H3,(H,35,38)(H,37,39). The molecule has 0 spiro atoms. The molecular formula is C34H45N3O5Si. The van der Waals surface area contributed by atoms with Gasteiger partial charge >= 0.3 is 12.2 Å². The topological polar surface area (TPSA) is 97.9 Å². The number of ether oxygens (including phenoxy) is 2. The molecule has 1 saturated carbocycles. The number of nitrogens with one attached hydrogen (secondary N) is 3. The second-order valence-corrected chi connectivity index (χ2v) is 17.3. The molecule has 230 valence electrons. The summed E-state index contributed by atoms with van der Waals surface area (Å²) < 4.78 is 18.4. The van der Waals surface area contributed by atoms with E-state index in [4.69, 9.17) is 13.9 Å². The predicted molar refractivity (Wildman–Crippen MR) is 172 cm³/mol. The van der Waals surface area contributed by atoms with Gasteiger partial charge in [-0.2, -0.15) is 0 Å². The fourth-order valence-corrected chi connectivity index (χ4v) is 10.4. The summed E-state index contributed by atoms with van der Waals surface area (Å²) in [6, 6.07) is 29.9. The summed E-state index contributed by atoms with van der Waals surface area (Å²) in [6.45, 7) is 12.3. The van der Waals surface area contributed by atoms with Gasteiger partial charge in [0.2, 0.25) is 0 Å². The molecule has 0 radical (unpaired) electrons. The van der Waals surface area contributed by atoms with E-state index < -0.39 is 26.1 Å². The van der Waals surface area contributed by atoms with Crippen LogP contribution in [0, 0.1) is 0 Å². The molecule has 3 unspecified atom stereocenters. The Labute approximate surface area is 256 Å². The number of carbonyl (C=O) groups is 2. The summed E-state index contributed by atoms with van der Waals surface area (Å²) >= 11 is 0. The van der Waals surface area contributed by atoms with Crippen molar-refractivity contribution in [1.29, 1.82) is 0 Å². The summed E-state index contributed by atoms with van der Waals surface area (Å²) in [5.41, 5.74) is 6.08. The Kier molecular flexibility index (Phi) is 10.3. The summed E-state index contributed by atoms with van der Waals surface area (Å²) in [5.74, 6) is 0. The third-order valence-corrected chi connectivity index (χ3v) is 12.6. The molecule has 0 aromatic heterocycles. The predicted octanol–water partition coefficient (Wildman–Crippen LogP) is 5.42. The van der Waals surface area contributed by atoms with Crippen LogP contribution < -0.4 is 26.5 Å². The van der Waals surface area contributed by atoms with Gasteiger partial charge in [-0.15, -0.1) is 0 Å². The lowest BCUT2D eigenvalue weighted by Gasteiger charge is -2.45. The van der Waals surface area contributed by atoms with E-state index in [1.54, 1.807) is 0 Å². The van der Waals surface area contributed by atoms with E-state index in [0.29, 0.717) is 12.8 Å². The van der Waals surface area contributed by atoms with Crippen LogP contribution >= 0.6 is 0 Å². The Hall–Kier alpha value is -3.66. The first kappa shape index (κ1) is 32.3. The van der Waals surface area contributed by atoms with Gasteiger partial charge in [-0.1, -0.05) is 112 Å². The molecule has 0 saturated heterocycles. The van der Waals surface area contributed by atoms with Crippen LogP contribution in [0.15, 0.2) is 91.0 Å². The Bertz CT molecular complexity index is 1290. The smallest absolute Gasteiger partial charge is 0.422 e. The Balaban J connectivity index is 1.61. The highest BCUT2D eigenvalue weighted by molar-refractivity contribution is 6.99. The second kappa shape index (κ2) is 13.8. The molecular weight excluding hydrogens is 558 g/mol. The van der Waals surface area contributed by atoms with Crippen molar-refractivity contribution in [2.24, 2.45) is 0 Å². The largest absolute Gasteiger partial charge is 0.445 e. The maximum absolute atomic E-state index is 13.1. The molecule has 1 fully saturated rings. The number of hydrogen-bond donors (Lipinski definition) is 3. The molecule has 3 atom stereocenters. The van der Waals surface area contributed by atoms with Crippen LogP contribution in [0.1, 0.15) is 59.9 Å². The van der Waals surface area contributed by atoms with Crippen LogP contribution in [0.25, 0.3) is 0 Å². The molecule has 9 heteroatoms. The number of hydrogen-bond acceptors (Lipinski definition) is 6. The lowest BCUT2D eigenvalue weighted by molar-refractivity contribution is 0.0486. The number of alkyl carbamates (subject to hydrolysis) is 1. The first-order chi connectivity index (χ1) is 20.4. The van der Waals surface area contributed by atoms with Crippen molar-refractivity contribution in [3.63, 3.8) is 0 Å². The number of carbonyl (C=O) groups excluding carboxylic acids is 2. The molecule has 0 heterocycles. The molecule has 43 heavy (non-hydrogen) atoms. The lowest BCUT2D eigenvalue weighted by Crippen LogP contribution is -2.68. The molecule has 3 aromatic rings. The van der Waals surface area contributed by atoms with Gasteiger partial charge < -0.3 is 19.2 Å². The molecule has 8 nitrogen and oxygen atoms in total. The average Bonchev–Trinajstić information content (AvgIpc) is 3.34. The Morgan fingerprint density at radius 3 is 1.81 bits per heavy atom. The summed E-state index contributed by atoms with van der Waals surface area (Å²) in [7, 11) is -2.92. The molecule has 3 N–H and O–H groups in total. The van der Waals surface area contributed by atoms with E-state index in [9.17, 15) is 9.59 Å². The quantitative estimate of drug-likeness (QED) is 0.223. The maximum atomic E-state index is 13.1. The van der Waals surface area contributed by atoms with Gasteiger partial charge in [-0.3, -0.25) is 5.43 Å². The van der Waals surface area contributed by atoms with Crippen LogP contribution in [-0.4, -0.2) is 44.3 Å². The minimum atomic E-state index is -2.92. The second-order valence-electron chi connectivity index (χ2n) is 13.1. The molecule has 4 rings (SSSR count). The van der Waals surface area contributed by atoms with Gasteiger partial charge in [-0.05, 0) is 54.6 Å². The van der Waals surface area contributed by atoms with Gasteiger partial charge in [0, 0.05) is 6.04 Å². The van der Waals surface area contributed by atoms with Gasteiger partial charge in [0.1, 0.15) is 12.2 Å². The van der Waals surface area contributed by atoms with Crippen LogP contribution in [0.2, 0.25) is 5.04 Å². The third-order valence-electron chi connectivity index (χ3n) is 7.54. The molecule has 3 aromatic carbocycles. The summed E-state index contributed by atoms with van der Waals surface area (Å²) in [6.07, 6.45) is -0.335. The molecule has 1 aliphatic rings. The van der Waals surface area contributed by atoms with Gasteiger partial charge in [-0.25, -0.2) is 15.0 Å². The van der Waals surface area contributed by atoms with Crippen molar-refractivity contribution in [2.75, 3.05) is 0 Å². The Morgan fingerprint density at radius 1 is 0.767 bits per heavy atom. The van der Waals surface area contributed by atoms with E-state index in [2.05, 4.69) is 85.5 Å². The fourth-order valence-electron chi connectivity index (χ4n) is 5.70. The van der Waals surface area contributed by atoms with Crippen molar-refractivity contribution in [2.45, 2.75) is 89.8 Å². The molecule has 0 bridgehead atoms. The minimum absolute atomic E-state index is 0.168. The van der Waals surface area contributed by atoms with Crippen molar-refractivity contribution < 1.29 is 23.5 Å². The van der Waals surface area contributed by atoms with Crippen LogP contribution in [-0.2, 0) is 20.5 Å². The number of amides is 2. The third kappa shape index (κ3) is 8.46. The first-order valence-corrected chi connectivity index (χ1v) is 16.8. The Morgan fingerprint density at radius 2 is 1.30 bits per heavy atom. The van der Waals surface area contributed by atoms with Gasteiger partial charge in [0.05, 0.1) is 12.1 Å². The minimum Gasteiger partial charge on any atom is -0.445 e. The molecule has 1 aliphatic carbocycles. The van der Waals surface area contributed by atoms with E-state index in [0.717, 1.165) is 15.9 Å². The fraction of sp³-hybridized carbons (Fsp3) is 0.412. The van der Waals surface area contributed by atoms with Crippen molar-refractivity contribution in [3.8, 4) is 0 Å². The zero-order chi connectivity index (χ0) is 31.1. The number of hydrazine groups is 1. The van der Waals surface area contributed by atoms with Crippen LogP contribution in [0.3, 0.4) is 0 Å². The summed E-state index contributed by atoms with van der Waals surface area (Å²) in [4.78, 5) is 25.5. The molecule has 0 aliphatic heterocycles. The average molecular weight is 604 g/mol. The maximum Gasteiger partial charge on any atom is 0.422 e. The van der Waals surface area contributed by atoms with Gasteiger partial charge in [0.25, 0.3) is 8.32 Å². The van der Waals surface area contributed by atoms with E-state index >= 15 is 0 Å². The zero-order valence-corrected chi connectivity index (χ0v) is 27.1. The van der Waals surface area contributed by atoms with Gasteiger partial charge in [0.15, 0.2) is 0 Å². The highest BCUT2D eigenvalue weighted by atomic mass is 28.4. The first-order valence-electron chi connectivity index (χ1n) is 14.9. The van der Waals surface area contributed by atoms with Crippen molar-refractivity contribution >= 4 is 30.9 Å². The SMILES string of the molecule is CC(C)(C)OC(=O)NNC1CC(NC(=O)OCc2ccccc2)C(O[Si](c2ccccc2)(c2ccccc2)C(C)(C)C)C1. The highest BCUT2D eigenvalue weighted by Gasteiger charge is 2.53. The van der Waals surface area contributed by atoms with Crippen molar-refractivity contribution in [1.82, 2.24) is 16.2 Å². The number of rotatable bonds is 9. The number of benzene rings is 3. The van der Waals surface area contributed by atoms with E-state index in [-0.39, 0.29) is 29.8 Å². The highest BCUT2D eigenvalue weighted by Crippen LogP contribution is 2.39. The lowest BCUT2D eigenvalue weighted by atomic mass is 10.2. The van der Waals surface area contributed by atoms with E-state index in [1.165, 1.54) is 0 Å². The van der Waals surface area contributed by atoms with Crippen LogP contribution in [0.4, 0.5) is 9.59 Å². The monoisotopic (exact) mass is 603 g/mol. The zero-order valence-electron chi connectivity index (χ0n) is 26.1. The normalized spacial score (nSPS) is 19.0.